The molecule has 0 fully saturated rings. The molecule has 1 atom stereocenters. The van der Waals surface area contributed by atoms with Crippen LogP contribution in [-0.2, 0) is 9.84 Å². The Morgan fingerprint density at radius 3 is 2.14 bits per heavy atom. The Hall–Kier alpha value is -0.803. The van der Waals surface area contributed by atoms with Crippen LogP contribution < -0.4 is 0 Å². The average Bonchev–Trinajstić information content (AvgIpc) is 2.24. The van der Waals surface area contributed by atoms with E-state index in [0.29, 0.717) is 10.8 Å². The van der Waals surface area contributed by atoms with Crippen molar-refractivity contribution in [3.63, 3.8) is 0 Å². The van der Waals surface area contributed by atoms with E-state index >= 15 is 0 Å². The van der Waals surface area contributed by atoms with E-state index in [1.54, 1.807) is 0 Å². The first-order chi connectivity index (χ1) is 9.45. The Morgan fingerprint density at radius 1 is 1.10 bits per heavy atom. The van der Waals surface area contributed by atoms with E-state index in [9.17, 15) is 5.11 Å². The first-order valence-electron chi connectivity index (χ1n) is 7.87. The van der Waals surface area contributed by atoms with Gasteiger partial charge in [-0.15, -0.1) is 0 Å². The lowest BCUT2D eigenvalue weighted by molar-refractivity contribution is 0.261. The molecule has 0 aliphatic rings. The number of hydrogen-bond donors (Lipinski definition) is 1. The van der Waals surface area contributed by atoms with Crippen LogP contribution in [0.15, 0.2) is 12.1 Å². The normalized spacial score (nSPS) is 14.3. The molecule has 0 radical (unpaired) electrons. The molecule has 0 saturated carbocycles. The summed E-state index contributed by atoms with van der Waals surface area (Å²) >= 11 is 0. The van der Waals surface area contributed by atoms with Crippen molar-refractivity contribution >= 4 is 9.04 Å². The lowest BCUT2D eigenvalue weighted by Crippen LogP contribution is -2.29. The SMILES string of the molecule is Cc1cc(C)c(C(C)(C)CCO[SiH](C)C(C)(C)C)c(O)c1. The van der Waals surface area contributed by atoms with Crippen molar-refractivity contribution < 1.29 is 9.53 Å². The van der Waals surface area contributed by atoms with E-state index in [2.05, 4.69) is 54.2 Å². The number of rotatable bonds is 5. The van der Waals surface area contributed by atoms with E-state index in [0.717, 1.165) is 24.2 Å². The van der Waals surface area contributed by atoms with E-state index in [1.165, 1.54) is 5.56 Å². The smallest absolute Gasteiger partial charge is 0.179 e. The number of benzene rings is 1. The molecule has 0 amide bonds. The van der Waals surface area contributed by atoms with Gasteiger partial charge in [0.15, 0.2) is 9.04 Å². The van der Waals surface area contributed by atoms with E-state index in [-0.39, 0.29) is 5.41 Å². The second kappa shape index (κ2) is 6.53. The molecule has 0 saturated heterocycles. The van der Waals surface area contributed by atoms with Crippen LogP contribution >= 0.6 is 0 Å². The highest BCUT2D eigenvalue weighted by Gasteiger charge is 2.28. The van der Waals surface area contributed by atoms with Gasteiger partial charge in [-0.25, -0.2) is 0 Å². The summed E-state index contributed by atoms with van der Waals surface area (Å²) in [6, 6.07) is 4.00. The molecule has 3 heteroatoms. The fourth-order valence-corrected chi connectivity index (χ4v) is 3.66. The molecule has 0 aliphatic carbocycles. The predicted molar refractivity (Wildman–Crippen MR) is 93.9 cm³/mol. The van der Waals surface area contributed by atoms with Gasteiger partial charge in [0.2, 0.25) is 0 Å². The van der Waals surface area contributed by atoms with Gasteiger partial charge in [0.1, 0.15) is 5.75 Å². The third kappa shape index (κ3) is 4.85. The molecule has 1 rings (SSSR count). The van der Waals surface area contributed by atoms with Crippen LogP contribution in [0.2, 0.25) is 11.6 Å². The zero-order valence-electron chi connectivity index (χ0n) is 15.0. The molecular weight excluding hydrogens is 276 g/mol. The Kier molecular flexibility index (Phi) is 5.67. The van der Waals surface area contributed by atoms with Gasteiger partial charge in [-0.3, -0.25) is 0 Å². The summed E-state index contributed by atoms with van der Waals surface area (Å²) in [5, 5.41) is 10.6. The van der Waals surface area contributed by atoms with Crippen molar-refractivity contribution in [2.75, 3.05) is 6.61 Å². The summed E-state index contributed by atoms with van der Waals surface area (Å²) in [6.07, 6.45) is 0.928. The van der Waals surface area contributed by atoms with Crippen LogP contribution in [-0.4, -0.2) is 20.8 Å². The Bertz CT molecular complexity index is 463. The number of phenols is 1. The first-order valence-corrected chi connectivity index (χ1v) is 10.1. The fraction of sp³-hybridized carbons (Fsp3) is 0.667. The van der Waals surface area contributed by atoms with E-state index < -0.39 is 9.04 Å². The third-order valence-corrected chi connectivity index (χ3v) is 7.63. The minimum atomic E-state index is -1.17. The molecule has 1 N–H and O–H groups in total. The Labute approximate surface area is 132 Å². The number of aryl methyl sites for hydroxylation is 2. The van der Waals surface area contributed by atoms with Gasteiger partial charge >= 0.3 is 0 Å². The Balaban J connectivity index is 2.79. The van der Waals surface area contributed by atoms with Gasteiger partial charge in [0, 0.05) is 12.2 Å². The highest BCUT2D eigenvalue weighted by Crippen LogP contribution is 2.37. The highest BCUT2D eigenvalue weighted by atomic mass is 28.3. The molecule has 0 aromatic heterocycles. The van der Waals surface area contributed by atoms with Gasteiger partial charge in [-0.1, -0.05) is 40.7 Å². The maximum Gasteiger partial charge on any atom is 0.179 e. The zero-order chi connectivity index (χ0) is 16.4. The number of aromatic hydroxyl groups is 1. The zero-order valence-corrected chi connectivity index (χ0v) is 16.2. The second-order valence-corrected chi connectivity index (χ2v) is 11.3. The molecule has 1 aromatic rings. The largest absolute Gasteiger partial charge is 0.508 e. The van der Waals surface area contributed by atoms with Crippen LogP contribution in [0.5, 0.6) is 5.75 Å². The summed E-state index contributed by atoms with van der Waals surface area (Å²) in [4.78, 5) is 0. The van der Waals surface area contributed by atoms with Crippen LogP contribution in [0.3, 0.4) is 0 Å². The van der Waals surface area contributed by atoms with Gasteiger partial charge in [-0.2, -0.15) is 0 Å². The molecule has 1 aromatic carbocycles. The van der Waals surface area contributed by atoms with E-state index in [1.807, 2.05) is 13.0 Å². The minimum Gasteiger partial charge on any atom is -0.508 e. The molecule has 1 unspecified atom stereocenters. The van der Waals surface area contributed by atoms with Gasteiger partial charge in [0.25, 0.3) is 0 Å². The predicted octanol–water partition coefficient (Wildman–Crippen LogP) is 4.85. The summed E-state index contributed by atoms with van der Waals surface area (Å²) in [5.41, 5.74) is 3.25. The Morgan fingerprint density at radius 2 is 1.67 bits per heavy atom. The van der Waals surface area contributed by atoms with Crippen molar-refractivity contribution in [1.29, 1.82) is 0 Å². The molecule has 2 nitrogen and oxygen atoms in total. The van der Waals surface area contributed by atoms with Gasteiger partial charge in [0.05, 0.1) is 0 Å². The fourth-order valence-electron chi connectivity index (χ4n) is 2.69. The van der Waals surface area contributed by atoms with Crippen molar-refractivity contribution in [2.24, 2.45) is 0 Å². The average molecular weight is 309 g/mol. The molecule has 21 heavy (non-hydrogen) atoms. The lowest BCUT2D eigenvalue weighted by atomic mass is 9.78. The molecule has 0 aliphatic heterocycles. The maximum atomic E-state index is 10.3. The van der Waals surface area contributed by atoms with Crippen molar-refractivity contribution in [3.8, 4) is 5.75 Å². The highest BCUT2D eigenvalue weighted by molar-refractivity contribution is 6.53. The number of hydrogen-bond acceptors (Lipinski definition) is 2. The molecule has 0 bridgehead atoms. The summed E-state index contributed by atoms with van der Waals surface area (Å²) in [7, 11) is -1.17. The third-order valence-electron chi connectivity index (χ3n) is 4.45. The van der Waals surface area contributed by atoms with Gasteiger partial charge < -0.3 is 9.53 Å². The van der Waals surface area contributed by atoms with Crippen LogP contribution in [0.25, 0.3) is 0 Å². The molecule has 0 heterocycles. The lowest BCUT2D eigenvalue weighted by Gasteiger charge is -2.31. The standard InChI is InChI=1S/C18H32O2Si/c1-13-11-14(2)16(15(19)12-13)18(6,7)9-10-20-21(8)17(3,4)5/h11-12,19,21H,9-10H2,1-8H3. The van der Waals surface area contributed by atoms with Crippen molar-refractivity contribution in [3.05, 3.63) is 28.8 Å². The van der Waals surface area contributed by atoms with Crippen LogP contribution in [0, 0.1) is 13.8 Å². The monoisotopic (exact) mass is 308 g/mol. The number of phenolic OH excluding ortho intramolecular Hbond substituents is 1. The van der Waals surface area contributed by atoms with Gasteiger partial charge in [-0.05, 0) is 54.5 Å². The second-order valence-electron chi connectivity index (χ2n) is 7.99. The quantitative estimate of drug-likeness (QED) is 0.788. The molecular formula is C18H32O2Si. The summed E-state index contributed by atoms with van der Waals surface area (Å²) in [5.74, 6) is 0.415. The summed E-state index contributed by atoms with van der Waals surface area (Å²) in [6.45, 7) is 18.3. The molecule has 120 valence electrons. The minimum absolute atomic E-state index is 0.0755. The van der Waals surface area contributed by atoms with Crippen molar-refractivity contribution in [1.82, 2.24) is 0 Å². The van der Waals surface area contributed by atoms with Crippen molar-refractivity contribution in [2.45, 2.75) is 71.9 Å². The maximum absolute atomic E-state index is 10.3. The topological polar surface area (TPSA) is 29.5 Å². The van der Waals surface area contributed by atoms with Crippen LogP contribution in [0.4, 0.5) is 0 Å². The van der Waals surface area contributed by atoms with E-state index in [4.69, 9.17) is 4.43 Å². The summed E-state index contributed by atoms with van der Waals surface area (Å²) < 4.78 is 6.12. The molecule has 0 spiro atoms. The van der Waals surface area contributed by atoms with Crippen LogP contribution in [0.1, 0.15) is 57.7 Å². The first kappa shape index (κ1) is 18.2.